The van der Waals surface area contributed by atoms with Gasteiger partial charge in [-0.15, -0.1) is 0 Å². The molecule has 0 spiro atoms. The van der Waals surface area contributed by atoms with Crippen LogP contribution in [0.1, 0.15) is 59.9 Å². The highest BCUT2D eigenvalue weighted by molar-refractivity contribution is 6.29. The summed E-state index contributed by atoms with van der Waals surface area (Å²) in [6, 6.07) is 5.84. The normalized spacial score (nSPS) is 18.9. The van der Waals surface area contributed by atoms with Crippen LogP contribution in [0.4, 0.5) is 0 Å². The molecule has 1 unspecified atom stereocenters. The summed E-state index contributed by atoms with van der Waals surface area (Å²) >= 11 is 11.6. The molecule has 2 aliphatic carbocycles. The van der Waals surface area contributed by atoms with Crippen molar-refractivity contribution in [1.82, 2.24) is 9.97 Å². The van der Waals surface area contributed by atoms with Gasteiger partial charge in [-0.2, -0.15) is 0 Å². The Morgan fingerprint density at radius 2 is 1.79 bits per heavy atom. The summed E-state index contributed by atoms with van der Waals surface area (Å²) < 4.78 is 0. The van der Waals surface area contributed by atoms with Crippen molar-refractivity contribution < 1.29 is 5.11 Å². The third kappa shape index (κ3) is 4.08. The van der Waals surface area contributed by atoms with Crippen LogP contribution in [-0.2, 0) is 19.3 Å². The lowest BCUT2D eigenvalue weighted by Crippen LogP contribution is -2.12. The Hall–Kier alpha value is -1.16. The first-order valence-electron chi connectivity index (χ1n) is 8.53. The zero-order valence-electron chi connectivity index (χ0n) is 13.9. The van der Waals surface area contributed by atoms with E-state index in [0.717, 1.165) is 36.9 Å². The lowest BCUT2D eigenvalue weighted by molar-refractivity contribution is 0.151. The van der Waals surface area contributed by atoms with E-state index in [9.17, 15) is 5.11 Å². The Morgan fingerprint density at radius 1 is 1.00 bits per heavy atom. The molecule has 1 atom stereocenters. The van der Waals surface area contributed by atoms with Crippen LogP contribution in [0.25, 0.3) is 0 Å². The molecule has 0 saturated heterocycles. The number of aliphatic hydroxyl groups excluding tert-OH is 1. The van der Waals surface area contributed by atoms with E-state index in [1.165, 1.54) is 36.1 Å². The number of fused-ring (bicyclic) bond motifs is 2. The number of halogens is 2. The van der Waals surface area contributed by atoms with Crippen molar-refractivity contribution in [1.29, 1.82) is 0 Å². The number of rotatable bonds is 0. The molecule has 0 radical (unpaired) electrons. The number of hydrogen-bond acceptors (Lipinski definition) is 3. The second kappa shape index (κ2) is 7.81. The van der Waals surface area contributed by atoms with Crippen LogP contribution in [0, 0.1) is 6.92 Å². The quantitative estimate of drug-likeness (QED) is 0.667. The van der Waals surface area contributed by atoms with Crippen molar-refractivity contribution in [2.45, 2.75) is 58.0 Å². The maximum absolute atomic E-state index is 9.69. The highest BCUT2D eigenvalue weighted by Crippen LogP contribution is 2.31. The fourth-order valence-electron chi connectivity index (χ4n) is 3.45. The van der Waals surface area contributed by atoms with Crippen molar-refractivity contribution >= 4 is 23.2 Å². The van der Waals surface area contributed by atoms with Crippen molar-refractivity contribution in [3.8, 4) is 0 Å². The number of aliphatic hydroxyl groups is 1. The van der Waals surface area contributed by atoms with Crippen LogP contribution < -0.4 is 0 Å². The van der Waals surface area contributed by atoms with Gasteiger partial charge in [0.2, 0.25) is 0 Å². The van der Waals surface area contributed by atoms with E-state index in [0.29, 0.717) is 10.3 Å². The molecule has 2 aromatic heterocycles. The van der Waals surface area contributed by atoms with Gasteiger partial charge in [-0.3, -0.25) is 0 Å². The van der Waals surface area contributed by atoms with E-state index in [1.807, 2.05) is 19.1 Å². The molecule has 2 aliphatic rings. The number of nitrogens with zero attached hydrogens (tertiary/aromatic N) is 2. The summed E-state index contributed by atoms with van der Waals surface area (Å²) in [6.07, 6.45) is 7.30. The predicted molar refractivity (Wildman–Crippen MR) is 97.8 cm³/mol. The first-order valence-corrected chi connectivity index (χ1v) is 9.28. The molecule has 24 heavy (non-hydrogen) atoms. The predicted octanol–water partition coefficient (Wildman–Crippen LogP) is 5.03. The molecule has 5 heteroatoms. The van der Waals surface area contributed by atoms with Crippen LogP contribution in [0.3, 0.4) is 0 Å². The zero-order valence-corrected chi connectivity index (χ0v) is 15.4. The van der Waals surface area contributed by atoms with Gasteiger partial charge in [0.1, 0.15) is 10.3 Å². The highest BCUT2D eigenvalue weighted by atomic mass is 35.5. The first-order chi connectivity index (χ1) is 11.5. The minimum atomic E-state index is -0.416. The highest BCUT2D eigenvalue weighted by Gasteiger charge is 2.21. The van der Waals surface area contributed by atoms with Gasteiger partial charge in [-0.1, -0.05) is 29.3 Å². The minimum Gasteiger partial charge on any atom is -0.387 e. The molecule has 0 fully saturated rings. The van der Waals surface area contributed by atoms with Crippen LogP contribution in [-0.4, -0.2) is 15.1 Å². The molecule has 4 rings (SSSR count). The summed E-state index contributed by atoms with van der Waals surface area (Å²) in [7, 11) is 0. The SMILES string of the molecule is Cc1cc(Cl)nc2c1CCCC2O.Clc1ccc2c(n1)CCCC2. The molecular weight excluding hydrogens is 343 g/mol. The molecule has 3 nitrogen and oxygen atoms in total. The molecule has 128 valence electrons. The number of hydrogen-bond donors (Lipinski definition) is 1. The standard InChI is InChI=1S/C10H12ClNO.C9H10ClN/c1-6-5-9(11)12-10-7(6)3-2-4-8(10)13;10-9-6-5-7-3-1-2-4-8(7)11-9/h5,8,13H,2-4H2,1H3;5-6H,1-4H2. The van der Waals surface area contributed by atoms with Crippen LogP contribution >= 0.6 is 23.2 Å². The van der Waals surface area contributed by atoms with Gasteiger partial charge in [0.15, 0.2) is 0 Å². The second-order valence-corrected chi connectivity index (χ2v) is 7.26. The van der Waals surface area contributed by atoms with Gasteiger partial charge in [0, 0.05) is 5.69 Å². The van der Waals surface area contributed by atoms with Crippen molar-refractivity contribution in [3.05, 3.63) is 56.6 Å². The van der Waals surface area contributed by atoms with Crippen molar-refractivity contribution in [2.75, 3.05) is 0 Å². The van der Waals surface area contributed by atoms with E-state index in [1.54, 1.807) is 0 Å². The van der Waals surface area contributed by atoms with Crippen LogP contribution in [0.5, 0.6) is 0 Å². The fourth-order valence-corrected chi connectivity index (χ4v) is 3.87. The van der Waals surface area contributed by atoms with E-state index in [4.69, 9.17) is 23.2 Å². The summed E-state index contributed by atoms with van der Waals surface area (Å²) in [4.78, 5) is 8.45. The van der Waals surface area contributed by atoms with Crippen molar-refractivity contribution in [3.63, 3.8) is 0 Å². The van der Waals surface area contributed by atoms with E-state index in [2.05, 4.69) is 16.0 Å². The third-order valence-electron chi connectivity index (χ3n) is 4.71. The molecule has 2 aromatic rings. The fraction of sp³-hybridized carbons (Fsp3) is 0.474. The first kappa shape index (κ1) is 17.7. The molecule has 0 aromatic carbocycles. The molecule has 0 saturated carbocycles. The Bertz CT molecular complexity index is 734. The van der Waals surface area contributed by atoms with Gasteiger partial charge >= 0.3 is 0 Å². The molecule has 0 bridgehead atoms. The minimum absolute atomic E-state index is 0.416. The van der Waals surface area contributed by atoms with Crippen LogP contribution in [0.15, 0.2) is 18.2 Å². The lowest BCUT2D eigenvalue weighted by Gasteiger charge is -2.21. The molecule has 1 N–H and O–H groups in total. The summed E-state index contributed by atoms with van der Waals surface area (Å²) in [5.41, 5.74) is 5.72. The van der Waals surface area contributed by atoms with Gasteiger partial charge in [0.25, 0.3) is 0 Å². The van der Waals surface area contributed by atoms with Crippen molar-refractivity contribution in [2.24, 2.45) is 0 Å². The molecule has 0 amide bonds. The Balaban J connectivity index is 0.000000143. The molecule has 2 heterocycles. The third-order valence-corrected chi connectivity index (χ3v) is 5.12. The summed E-state index contributed by atoms with van der Waals surface area (Å²) in [6.45, 7) is 2.02. The maximum atomic E-state index is 9.69. The average Bonchev–Trinajstić information content (AvgIpc) is 2.56. The van der Waals surface area contributed by atoms with Gasteiger partial charge in [0.05, 0.1) is 11.8 Å². The second-order valence-electron chi connectivity index (χ2n) is 6.48. The van der Waals surface area contributed by atoms with E-state index < -0.39 is 6.10 Å². The molecular formula is C19H22Cl2N2O. The number of pyridine rings is 2. The summed E-state index contributed by atoms with van der Waals surface area (Å²) in [5.74, 6) is 0. The van der Waals surface area contributed by atoms with E-state index >= 15 is 0 Å². The largest absolute Gasteiger partial charge is 0.387 e. The van der Waals surface area contributed by atoms with Gasteiger partial charge in [-0.05, 0) is 80.7 Å². The zero-order chi connectivity index (χ0) is 17.1. The number of aryl methyl sites for hydroxylation is 3. The average molecular weight is 365 g/mol. The topological polar surface area (TPSA) is 46.0 Å². The maximum Gasteiger partial charge on any atom is 0.129 e. The Kier molecular flexibility index (Phi) is 5.75. The lowest BCUT2D eigenvalue weighted by atomic mass is 9.91. The molecule has 0 aliphatic heterocycles. The Labute approximate surface area is 153 Å². The van der Waals surface area contributed by atoms with E-state index in [-0.39, 0.29) is 0 Å². The summed E-state index contributed by atoms with van der Waals surface area (Å²) in [5, 5.41) is 10.8. The number of aromatic nitrogens is 2. The Morgan fingerprint density at radius 3 is 2.62 bits per heavy atom. The monoisotopic (exact) mass is 364 g/mol. The smallest absolute Gasteiger partial charge is 0.129 e. The van der Waals surface area contributed by atoms with Crippen LogP contribution in [0.2, 0.25) is 10.3 Å². The van der Waals surface area contributed by atoms with Gasteiger partial charge < -0.3 is 5.11 Å². The van der Waals surface area contributed by atoms with Gasteiger partial charge in [-0.25, -0.2) is 9.97 Å².